The molecular formula is C37H35NO8. The van der Waals surface area contributed by atoms with Gasteiger partial charge in [-0.1, -0.05) is 44.2 Å². The van der Waals surface area contributed by atoms with Gasteiger partial charge in [0.1, 0.15) is 23.0 Å². The second-order valence-electron chi connectivity index (χ2n) is 10.9. The molecule has 0 aliphatic heterocycles. The van der Waals surface area contributed by atoms with Crippen molar-refractivity contribution in [1.29, 1.82) is 0 Å². The van der Waals surface area contributed by atoms with Gasteiger partial charge >= 0.3 is 5.97 Å². The summed E-state index contributed by atoms with van der Waals surface area (Å²) in [6.45, 7) is 8.22. The maximum atomic E-state index is 13.9. The molecular weight excluding hydrogens is 586 g/mol. The zero-order valence-electron chi connectivity index (χ0n) is 25.7. The number of hydrogen-bond donors (Lipinski definition) is 3. The zero-order valence-corrected chi connectivity index (χ0v) is 25.7. The number of rotatable bonds is 12. The lowest BCUT2D eigenvalue weighted by atomic mass is 9.77. The Balaban J connectivity index is 1.43. The van der Waals surface area contributed by atoms with E-state index in [4.69, 9.17) is 19.9 Å². The Kier molecular flexibility index (Phi) is 9.42. The van der Waals surface area contributed by atoms with E-state index in [0.29, 0.717) is 53.4 Å². The molecule has 0 aromatic heterocycles. The smallest absolute Gasteiger partial charge is 0.330 e. The maximum absolute atomic E-state index is 13.9. The minimum atomic E-state index is -0.645. The van der Waals surface area contributed by atoms with Crippen molar-refractivity contribution < 1.29 is 38.8 Å². The fourth-order valence-corrected chi connectivity index (χ4v) is 5.45. The van der Waals surface area contributed by atoms with E-state index in [1.807, 2.05) is 0 Å². The highest BCUT2D eigenvalue weighted by Gasteiger charge is 2.39. The van der Waals surface area contributed by atoms with Gasteiger partial charge in [0, 0.05) is 34.9 Å². The second kappa shape index (κ2) is 13.6. The van der Waals surface area contributed by atoms with Crippen LogP contribution in [0.25, 0.3) is 22.3 Å². The van der Waals surface area contributed by atoms with Crippen molar-refractivity contribution in [1.82, 2.24) is 0 Å². The van der Waals surface area contributed by atoms with Gasteiger partial charge in [-0.05, 0) is 66.4 Å². The maximum Gasteiger partial charge on any atom is 0.330 e. The monoisotopic (exact) mass is 621 g/mol. The number of aromatic hydroxyl groups is 2. The summed E-state index contributed by atoms with van der Waals surface area (Å²) in [7, 11) is 0. The summed E-state index contributed by atoms with van der Waals surface area (Å²) in [6, 6.07) is 17.0. The number of fused-ring (bicyclic) bond motifs is 2. The summed E-state index contributed by atoms with van der Waals surface area (Å²) in [5.41, 5.74) is 8.21. The molecule has 0 unspecified atom stereocenters. The molecule has 0 saturated heterocycles. The third kappa shape index (κ3) is 6.17. The average molecular weight is 622 g/mol. The molecule has 4 aromatic carbocycles. The predicted molar refractivity (Wildman–Crippen MR) is 175 cm³/mol. The van der Waals surface area contributed by atoms with E-state index >= 15 is 0 Å². The molecule has 0 spiro atoms. The lowest BCUT2D eigenvalue weighted by Gasteiger charge is -2.25. The van der Waals surface area contributed by atoms with Crippen LogP contribution in [0.5, 0.6) is 23.0 Å². The first kappa shape index (κ1) is 31.8. The van der Waals surface area contributed by atoms with Crippen LogP contribution >= 0.6 is 0 Å². The average Bonchev–Trinajstić information content (AvgIpc) is 3.05. The first-order chi connectivity index (χ1) is 22.2. The molecule has 46 heavy (non-hydrogen) atoms. The van der Waals surface area contributed by atoms with Gasteiger partial charge in [-0.2, -0.15) is 0 Å². The largest absolute Gasteiger partial charge is 0.507 e. The Bertz CT molecular complexity index is 1820. The molecule has 236 valence electrons. The predicted octanol–water partition coefficient (Wildman–Crippen LogP) is 6.77. The van der Waals surface area contributed by atoms with Crippen molar-refractivity contribution in [3.8, 4) is 45.3 Å². The van der Waals surface area contributed by atoms with Gasteiger partial charge in [0.05, 0.1) is 36.5 Å². The third-order valence-corrected chi connectivity index (χ3v) is 7.80. The number of phenols is 2. The SMILES string of the molecule is C=CC(=O)OCCCOc1ccc(-c2cc(N)c3c(c2O)C(=O)c2c(C)cc(-c4ccc(OCCCC)cc4)c(O)c2C3=O)cc1. The molecule has 1 aliphatic carbocycles. The van der Waals surface area contributed by atoms with Gasteiger partial charge in [0.25, 0.3) is 0 Å². The topological polar surface area (TPSA) is 145 Å². The molecule has 0 heterocycles. The van der Waals surface area contributed by atoms with Crippen molar-refractivity contribution in [2.24, 2.45) is 0 Å². The molecule has 0 radical (unpaired) electrons. The van der Waals surface area contributed by atoms with Gasteiger partial charge in [0.2, 0.25) is 0 Å². The number of esters is 1. The van der Waals surface area contributed by atoms with Crippen molar-refractivity contribution in [2.75, 3.05) is 25.6 Å². The fourth-order valence-electron chi connectivity index (χ4n) is 5.45. The fraction of sp³-hybridized carbons (Fsp3) is 0.216. The number of aryl methyl sites for hydroxylation is 1. The summed E-state index contributed by atoms with van der Waals surface area (Å²) < 4.78 is 16.3. The number of unbranched alkanes of at least 4 members (excludes halogenated alkanes) is 1. The molecule has 4 aromatic rings. The summed E-state index contributed by atoms with van der Waals surface area (Å²) in [6.07, 6.45) is 3.53. The lowest BCUT2D eigenvalue weighted by Crippen LogP contribution is -2.24. The normalized spacial score (nSPS) is 11.9. The lowest BCUT2D eigenvalue weighted by molar-refractivity contribution is -0.137. The Morgan fingerprint density at radius 2 is 1.26 bits per heavy atom. The molecule has 9 heteroatoms. The Labute approximate surface area is 266 Å². The molecule has 9 nitrogen and oxygen atoms in total. The van der Waals surface area contributed by atoms with E-state index in [9.17, 15) is 24.6 Å². The molecule has 0 amide bonds. The van der Waals surface area contributed by atoms with E-state index in [0.717, 1.165) is 18.9 Å². The van der Waals surface area contributed by atoms with Crippen LogP contribution in [0.15, 0.2) is 73.3 Å². The number of ether oxygens (including phenoxy) is 3. The first-order valence-electron chi connectivity index (χ1n) is 15.0. The highest BCUT2D eigenvalue weighted by Crippen LogP contribution is 2.47. The minimum absolute atomic E-state index is 0.00256. The Morgan fingerprint density at radius 1 is 0.761 bits per heavy atom. The molecule has 0 atom stereocenters. The van der Waals surface area contributed by atoms with Crippen LogP contribution in [0.3, 0.4) is 0 Å². The quantitative estimate of drug-likeness (QED) is 0.0451. The first-order valence-corrected chi connectivity index (χ1v) is 15.0. The number of nitrogen functional groups attached to an aromatic ring is 1. The second-order valence-corrected chi connectivity index (χ2v) is 10.9. The molecule has 0 saturated carbocycles. The van der Waals surface area contributed by atoms with Gasteiger partial charge in [0.15, 0.2) is 11.6 Å². The van der Waals surface area contributed by atoms with E-state index in [1.54, 1.807) is 61.5 Å². The van der Waals surface area contributed by atoms with E-state index in [-0.39, 0.29) is 51.6 Å². The van der Waals surface area contributed by atoms with Crippen molar-refractivity contribution >= 4 is 23.2 Å². The van der Waals surface area contributed by atoms with Gasteiger partial charge in [-0.15, -0.1) is 0 Å². The highest BCUT2D eigenvalue weighted by atomic mass is 16.5. The van der Waals surface area contributed by atoms with Crippen LogP contribution < -0.4 is 15.2 Å². The molecule has 1 aliphatic rings. The number of carbonyl (C=O) groups excluding carboxylic acids is 3. The van der Waals surface area contributed by atoms with Crippen molar-refractivity contribution in [2.45, 2.75) is 33.1 Å². The molecule has 4 N–H and O–H groups in total. The third-order valence-electron chi connectivity index (χ3n) is 7.80. The van der Waals surface area contributed by atoms with Gasteiger partial charge < -0.3 is 30.2 Å². The molecule has 0 bridgehead atoms. The summed E-state index contributed by atoms with van der Waals surface area (Å²) in [5, 5.41) is 22.7. The minimum Gasteiger partial charge on any atom is -0.507 e. The number of hydrogen-bond acceptors (Lipinski definition) is 9. The molecule has 0 fully saturated rings. The van der Waals surface area contributed by atoms with Crippen LogP contribution in [-0.2, 0) is 9.53 Å². The summed E-state index contributed by atoms with van der Waals surface area (Å²) >= 11 is 0. The number of ketones is 2. The van der Waals surface area contributed by atoms with E-state index in [1.165, 1.54) is 6.07 Å². The van der Waals surface area contributed by atoms with E-state index in [2.05, 4.69) is 13.5 Å². The zero-order chi connectivity index (χ0) is 33.0. The van der Waals surface area contributed by atoms with Gasteiger partial charge in [-0.25, -0.2) is 4.79 Å². The number of nitrogens with two attached hydrogens (primary N) is 1. The number of phenolic OH excluding ortho intramolecular Hbond substituents is 2. The van der Waals surface area contributed by atoms with Crippen LogP contribution in [0.4, 0.5) is 5.69 Å². The van der Waals surface area contributed by atoms with Crippen LogP contribution in [0.1, 0.15) is 63.6 Å². The van der Waals surface area contributed by atoms with Crippen LogP contribution in [0.2, 0.25) is 0 Å². The highest BCUT2D eigenvalue weighted by molar-refractivity contribution is 6.33. The standard InChI is InChI=1S/C37H35NO8/c1-4-6-16-44-24-12-8-22(9-13-24)26-19-21(3)30-32(34(26)40)37(43)31-28(38)20-27(35(41)33(31)36(30)42)23-10-14-25(15-11-23)45-17-7-18-46-29(39)5-2/h5,8-15,19-20,40-41H,2,4,6-7,16-18,38H2,1,3H3. The number of anilines is 1. The van der Waals surface area contributed by atoms with Crippen LogP contribution in [0, 0.1) is 6.92 Å². The van der Waals surface area contributed by atoms with Crippen LogP contribution in [-0.4, -0.2) is 47.6 Å². The summed E-state index contributed by atoms with van der Waals surface area (Å²) in [4.78, 5) is 39.0. The number of benzene rings is 4. The Morgan fingerprint density at radius 3 is 1.80 bits per heavy atom. The number of carbonyl (C=O) groups is 3. The molecule has 5 rings (SSSR count). The summed E-state index contributed by atoms with van der Waals surface area (Å²) in [5.74, 6) is -1.22. The Hall–Kier alpha value is -5.57. The van der Waals surface area contributed by atoms with Crippen molar-refractivity contribution in [3.05, 3.63) is 101 Å². The van der Waals surface area contributed by atoms with Crippen molar-refractivity contribution in [3.63, 3.8) is 0 Å². The van der Waals surface area contributed by atoms with Gasteiger partial charge in [-0.3, -0.25) is 9.59 Å². The van der Waals surface area contributed by atoms with E-state index < -0.39 is 17.5 Å².